The van der Waals surface area contributed by atoms with E-state index in [0.717, 1.165) is 28.4 Å². The molecule has 0 radical (unpaired) electrons. The van der Waals surface area contributed by atoms with Crippen molar-refractivity contribution < 1.29 is 13.9 Å². The minimum Gasteiger partial charge on any atom is -0.497 e. The SMILES string of the molecule is COc1ccc(SCCCC(=O)Nc2nnc(Cc3ccc(SC(C)C)cc3)o2)cc1. The Morgan fingerprint density at radius 2 is 1.77 bits per heavy atom. The Bertz CT molecular complexity index is 957. The monoisotopic (exact) mass is 457 g/mol. The van der Waals surface area contributed by atoms with Gasteiger partial charge in [-0.05, 0) is 54.1 Å². The zero-order chi connectivity index (χ0) is 22.1. The van der Waals surface area contributed by atoms with Crippen LogP contribution in [0.15, 0.2) is 62.7 Å². The summed E-state index contributed by atoms with van der Waals surface area (Å²) in [5.74, 6) is 2.04. The molecule has 1 heterocycles. The number of hydrogen-bond acceptors (Lipinski definition) is 7. The van der Waals surface area contributed by atoms with Crippen LogP contribution in [0.5, 0.6) is 5.75 Å². The number of anilines is 1. The molecule has 0 bridgehead atoms. The molecular formula is C23H27N3O3S2. The number of carbonyl (C=O) groups excluding carboxylic acids is 1. The van der Waals surface area contributed by atoms with Gasteiger partial charge in [0.2, 0.25) is 11.8 Å². The van der Waals surface area contributed by atoms with Gasteiger partial charge in [-0.25, -0.2) is 0 Å². The third-order valence-electron chi connectivity index (χ3n) is 4.24. The Balaban J connectivity index is 1.39. The minimum atomic E-state index is -0.124. The lowest BCUT2D eigenvalue weighted by atomic mass is 10.1. The molecule has 0 fully saturated rings. The predicted octanol–water partition coefficient (Wildman–Crippen LogP) is 5.68. The molecule has 0 saturated heterocycles. The molecule has 1 amide bonds. The minimum absolute atomic E-state index is 0.124. The number of benzene rings is 2. The molecule has 0 aliphatic rings. The normalized spacial score (nSPS) is 11.0. The highest BCUT2D eigenvalue weighted by Crippen LogP contribution is 2.24. The van der Waals surface area contributed by atoms with Crippen molar-refractivity contribution in [2.45, 2.75) is 48.2 Å². The molecular weight excluding hydrogens is 430 g/mol. The maximum Gasteiger partial charge on any atom is 0.322 e. The van der Waals surface area contributed by atoms with Gasteiger partial charge in [0, 0.05) is 21.5 Å². The molecule has 6 nitrogen and oxygen atoms in total. The average molecular weight is 458 g/mol. The van der Waals surface area contributed by atoms with Gasteiger partial charge in [0.15, 0.2) is 0 Å². The van der Waals surface area contributed by atoms with Gasteiger partial charge in [0.1, 0.15) is 5.75 Å². The first-order valence-corrected chi connectivity index (χ1v) is 12.0. The maximum absolute atomic E-state index is 12.1. The van der Waals surface area contributed by atoms with E-state index in [2.05, 4.69) is 53.6 Å². The Labute approximate surface area is 191 Å². The first-order chi connectivity index (χ1) is 15.0. The van der Waals surface area contributed by atoms with Crippen molar-refractivity contribution in [2.24, 2.45) is 0 Å². The third-order valence-corrected chi connectivity index (χ3v) is 6.35. The van der Waals surface area contributed by atoms with Crippen LogP contribution in [-0.2, 0) is 11.2 Å². The zero-order valence-corrected chi connectivity index (χ0v) is 19.6. The Kier molecular flexibility index (Phi) is 8.85. The van der Waals surface area contributed by atoms with Crippen LogP contribution in [0.4, 0.5) is 6.01 Å². The van der Waals surface area contributed by atoms with Crippen molar-refractivity contribution in [1.82, 2.24) is 10.2 Å². The van der Waals surface area contributed by atoms with Crippen molar-refractivity contribution in [1.29, 1.82) is 0 Å². The average Bonchev–Trinajstić information content (AvgIpc) is 3.19. The second-order valence-electron chi connectivity index (χ2n) is 7.16. The first kappa shape index (κ1) is 23.2. The van der Waals surface area contributed by atoms with Crippen LogP contribution in [0.25, 0.3) is 0 Å². The summed E-state index contributed by atoms with van der Waals surface area (Å²) in [6, 6.07) is 16.4. The molecule has 1 N–H and O–H groups in total. The molecule has 3 rings (SSSR count). The summed E-state index contributed by atoms with van der Waals surface area (Å²) in [4.78, 5) is 14.5. The van der Waals surface area contributed by atoms with E-state index in [1.807, 2.05) is 36.0 Å². The Morgan fingerprint density at radius 3 is 2.45 bits per heavy atom. The van der Waals surface area contributed by atoms with Gasteiger partial charge in [-0.3, -0.25) is 10.1 Å². The van der Waals surface area contributed by atoms with E-state index in [1.165, 1.54) is 4.90 Å². The largest absolute Gasteiger partial charge is 0.497 e. The summed E-state index contributed by atoms with van der Waals surface area (Å²) in [5, 5.41) is 11.2. The number of rotatable bonds is 11. The van der Waals surface area contributed by atoms with Gasteiger partial charge < -0.3 is 9.15 Å². The van der Waals surface area contributed by atoms with Crippen LogP contribution in [0.3, 0.4) is 0 Å². The molecule has 3 aromatic rings. The predicted molar refractivity (Wildman–Crippen MR) is 126 cm³/mol. The summed E-state index contributed by atoms with van der Waals surface area (Å²) in [7, 11) is 1.65. The summed E-state index contributed by atoms with van der Waals surface area (Å²) >= 11 is 3.54. The molecule has 0 unspecified atom stereocenters. The van der Waals surface area contributed by atoms with Crippen LogP contribution in [0.2, 0.25) is 0 Å². The van der Waals surface area contributed by atoms with E-state index in [-0.39, 0.29) is 11.9 Å². The van der Waals surface area contributed by atoms with Crippen molar-refractivity contribution in [2.75, 3.05) is 18.2 Å². The summed E-state index contributed by atoms with van der Waals surface area (Å²) < 4.78 is 10.7. The number of methoxy groups -OCH3 is 1. The second-order valence-corrected chi connectivity index (χ2v) is 9.98. The van der Waals surface area contributed by atoms with E-state index in [9.17, 15) is 4.79 Å². The second kappa shape index (κ2) is 11.8. The lowest BCUT2D eigenvalue weighted by Crippen LogP contribution is -2.11. The van der Waals surface area contributed by atoms with Crippen molar-refractivity contribution >= 4 is 35.4 Å². The van der Waals surface area contributed by atoms with Gasteiger partial charge in [-0.15, -0.1) is 28.6 Å². The van der Waals surface area contributed by atoms with Gasteiger partial charge >= 0.3 is 6.01 Å². The van der Waals surface area contributed by atoms with Gasteiger partial charge in [0.25, 0.3) is 0 Å². The number of thioether (sulfide) groups is 2. The third kappa shape index (κ3) is 7.95. The topological polar surface area (TPSA) is 77.2 Å². The number of amides is 1. The number of nitrogens with zero attached hydrogens (tertiary/aromatic N) is 2. The lowest BCUT2D eigenvalue weighted by Gasteiger charge is -2.05. The highest BCUT2D eigenvalue weighted by atomic mass is 32.2. The molecule has 0 aliphatic carbocycles. The number of hydrogen-bond donors (Lipinski definition) is 1. The van der Waals surface area contributed by atoms with Gasteiger partial charge in [-0.1, -0.05) is 31.1 Å². The number of ether oxygens (including phenoxy) is 1. The molecule has 2 aromatic carbocycles. The highest BCUT2D eigenvalue weighted by molar-refractivity contribution is 8.00. The summed E-state index contributed by atoms with van der Waals surface area (Å²) in [5.41, 5.74) is 1.09. The molecule has 0 aliphatic heterocycles. The first-order valence-electron chi connectivity index (χ1n) is 10.2. The highest BCUT2D eigenvalue weighted by Gasteiger charge is 2.11. The molecule has 0 saturated carbocycles. The fourth-order valence-corrected chi connectivity index (χ4v) is 4.48. The smallest absolute Gasteiger partial charge is 0.322 e. The van der Waals surface area contributed by atoms with Gasteiger partial charge in [-0.2, -0.15) is 0 Å². The van der Waals surface area contributed by atoms with Crippen molar-refractivity contribution in [3.63, 3.8) is 0 Å². The molecule has 1 aromatic heterocycles. The molecule has 0 spiro atoms. The zero-order valence-electron chi connectivity index (χ0n) is 18.0. The summed E-state index contributed by atoms with van der Waals surface area (Å²) in [6.45, 7) is 4.35. The van der Waals surface area contributed by atoms with Crippen molar-refractivity contribution in [3.05, 3.63) is 60.0 Å². The van der Waals surface area contributed by atoms with Crippen molar-refractivity contribution in [3.8, 4) is 5.75 Å². The number of aromatic nitrogens is 2. The van der Waals surface area contributed by atoms with Crippen LogP contribution in [-0.4, -0.2) is 34.2 Å². The van der Waals surface area contributed by atoms with E-state index >= 15 is 0 Å². The maximum atomic E-state index is 12.1. The molecule has 8 heteroatoms. The van der Waals surface area contributed by atoms with E-state index in [0.29, 0.717) is 24.0 Å². The van der Waals surface area contributed by atoms with E-state index in [1.54, 1.807) is 18.9 Å². The summed E-state index contributed by atoms with van der Waals surface area (Å²) in [6.07, 6.45) is 1.69. The standard InChI is InChI=1S/C23H27N3O3S2/c1-16(2)31-20-10-6-17(7-11-20)15-22-25-26-23(29-22)24-21(27)5-4-14-30-19-12-8-18(28-3)9-13-19/h6-13,16H,4-5,14-15H2,1-3H3,(H,24,26,27). The molecule has 164 valence electrons. The fourth-order valence-electron chi connectivity index (χ4n) is 2.78. The van der Waals surface area contributed by atoms with E-state index < -0.39 is 0 Å². The van der Waals surface area contributed by atoms with Crippen LogP contribution < -0.4 is 10.1 Å². The van der Waals surface area contributed by atoms with Gasteiger partial charge in [0.05, 0.1) is 13.5 Å². The number of carbonyl (C=O) groups is 1. The Morgan fingerprint density at radius 1 is 1.06 bits per heavy atom. The van der Waals surface area contributed by atoms with Crippen LogP contribution in [0, 0.1) is 0 Å². The number of nitrogens with one attached hydrogen (secondary N) is 1. The van der Waals surface area contributed by atoms with Crippen LogP contribution in [0.1, 0.15) is 38.1 Å². The molecule has 0 atom stereocenters. The Hall–Kier alpha value is -2.45. The lowest BCUT2D eigenvalue weighted by molar-refractivity contribution is -0.116. The quantitative estimate of drug-likeness (QED) is 0.293. The molecule has 31 heavy (non-hydrogen) atoms. The van der Waals surface area contributed by atoms with Crippen LogP contribution >= 0.6 is 23.5 Å². The fraction of sp³-hybridized carbons (Fsp3) is 0.348. The van der Waals surface area contributed by atoms with E-state index in [4.69, 9.17) is 9.15 Å².